The zero-order valence-corrected chi connectivity index (χ0v) is 12.5. The van der Waals surface area contributed by atoms with Crippen molar-refractivity contribution in [1.82, 2.24) is 9.78 Å². The number of nitrogen functional groups attached to an aromatic ring is 1. The van der Waals surface area contributed by atoms with Gasteiger partial charge in [-0.3, -0.25) is 9.40 Å². The molecule has 3 N–H and O–H groups in total. The van der Waals surface area contributed by atoms with Crippen LogP contribution in [0.15, 0.2) is 24.3 Å². The third kappa shape index (κ3) is 3.11. The summed E-state index contributed by atoms with van der Waals surface area (Å²) in [6.45, 7) is 3.59. The van der Waals surface area contributed by atoms with Crippen LogP contribution in [0.2, 0.25) is 0 Å². The van der Waals surface area contributed by atoms with E-state index in [1.165, 1.54) is 0 Å². The number of hydrogen-bond acceptors (Lipinski definition) is 4. The second-order valence-electron chi connectivity index (χ2n) is 4.77. The predicted molar refractivity (Wildman–Crippen MR) is 79.8 cm³/mol. The Morgan fingerprint density at radius 1 is 1.25 bits per heavy atom. The highest BCUT2D eigenvalue weighted by Crippen LogP contribution is 2.21. The quantitative estimate of drug-likeness (QED) is 0.837. The molecule has 0 saturated carbocycles. The van der Waals surface area contributed by atoms with Gasteiger partial charge in [-0.05, 0) is 31.5 Å². The Morgan fingerprint density at radius 3 is 2.35 bits per heavy atom. The fourth-order valence-corrected chi connectivity index (χ4v) is 3.26. The van der Waals surface area contributed by atoms with Crippen LogP contribution in [0.1, 0.15) is 17.0 Å². The maximum Gasteiger partial charge on any atom is 0.237 e. The smallest absolute Gasteiger partial charge is 0.237 e. The molecule has 0 fully saturated rings. The summed E-state index contributed by atoms with van der Waals surface area (Å²) in [6, 6.07) is 6.78. The summed E-state index contributed by atoms with van der Waals surface area (Å²) in [4.78, 5) is 0. The molecule has 0 atom stereocenters. The van der Waals surface area contributed by atoms with Crippen molar-refractivity contribution in [2.45, 2.75) is 19.6 Å². The first-order valence-electron chi connectivity index (χ1n) is 6.13. The normalized spacial score (nSPS) is 11.6. The van der Waals surface area contributed by atoms with E-state index in [-0.39, 0.29) is 5.75 Å². The topological polar surface area (TPSA) is 90.0 Å². The van der Waals surface area contributed by atoms with Crippen LogP contribution < -0.4 is 10.5 Å². The number of aromatic nitrogens is 2. The minimum atomic E-state index is -3.48. The van der Waals surface area contributed by atoms with E-state index in [9.17, 15) is 8.42 Å². The standard InChI is InChI=1S/C13H18N4O2S/c1-9-13(10(2)17(3)15-9)16-20(18,19)8-11-4-6-12(14)7-5-11/h4-7,16H,8,14H2,1-3H3. The average Bonchev–Trinajstić information content (AvgIpc) is 2.58. The SMILES string of the molecule is Cc1nn(C)c(C)c1NS(=O)(=O)Cc1ccc(N)cc1. The summed E-state index contributed by atoms with van der Waals surface area (Å²) < 4.78 is 28.6. The van der Waals surface area contributed by atoms with Crippen LogP contribution in [-0.4, -0.2) is 18.2 Å². The third-order valence-corrected chi connectivity index (χ3v) is 4.33. The van der Waals surface area contributed by atoms with Gasteiger partial charge in [0, 0.05) is 12.7 Å². The molecule has 20 heavy (non-hydrogen) atoms. The molecule has 0 radical (unpaired) electrons. The van der Waals surface area contributed by atoms with Crippen LogP contribution in [0, 0.1) is 13.8 Å². The number of benzene rings is 1. The summed E-state index contributed by atoms with van der Waals surface area (Å²) in [5.41, 5.74) is 8.86. The molecule has 0 spiro atoms. The lowest BCUT2D eigenvalue weighted by molar-refractivity contribution is 0.600. The van der Waals surface area contributed by atoms with E-state index in [0.717, 1.165) is 5.69 Å². The van der Waals surface area contributed by atoms with Gasteiger partial charge in [0.25, 0.3) is 0 Å². The molecule has 108 valence electrons. The van der Waals surface area contributed by atoms with Crippen molar-refractivity contribution < 1.29 is 8.42 Å². The summed E-state index contributed by atoms with van der Waals surface area (Å²) >= 11 is 0. The maximum atomic E-state index is 12.2. The zero-order chi connectivity index (χ0) is 14.9. The second kappa shape index (κ2) is 5.16. The molecular weight excluding hydrogens is 276 g/mol. The van der Waals surface area contributed by atoms with Crippen molar-refractivity contribution >= 4 is 21.4 Å². The van der Waals surface area contributed by atoms with E-state index in [1.807, 2.05) is 6.92 Å². The van der Waals surface area contributed by atoms with Crippen LogP contribution in [0.25, 0.3) is 0 Å². The number of aryl methyl sites for hydroxylation is 2. The van der Waals surface area contributed by atoms with Gasteiger partial charge in [-0.2, -0.15) is 5.10 Å². The van der Waals surface area contributed by atoms with Crippen molar-refractivity contribution in [3.05, 3.63) is 41.2 Å². The average molecular weight is 294 g/mol. The Morgan fingerprint density at radius 2 is 1.85 bits per heavy atom. The van der Waals surface area contributed by atoms with Gasteiger partial charge in [0.05, 0.1) is 22.8 Å². The highest BCUT2D eigenvalue weighted by molar-refractivity contribution is 7.91. The molecule has 1 aromatic carbocycles. The Bertz CT molecular complexity index is 718. The van der Waals surface area contributed by atoms with Gasteiger partial charge in [-0.15, -0.1) is 0 Å². The minimum absolute atomic E-state index is 0.0962. The molecule has 0 aliphatic heterocycles. The Kier molecular flexibility index (Phi) is 3.71. The number of rotatable bonds is 4. The van der Waals surface area contributed by atoms with Crippen molar-refractivity contribution in [2.24, 2.45) is 7.05 Å². The van der Waals surface area contributed by atoms with Crippen LogP contribution in [0.4, 0.5) is 11.4 Å². The zero-order valence-electron chi connectivity index (χ0n) is 11.7. The molecular formula is C13H18N4O2S. The van der Waals surface area contributed by atoms with E-state index in [1.54, 1.807) is 42.9 Å². The number of nitrogens with two attached hydrogens (primary N) is 1. The van der Waals surface area contributed by atoms with Crippen molar-refractivity contribution in [3.63, 3.8) is 0 Å². The fourth-order valence-electron chi connectivity index (χ4n) is 1.95. The fraction of sp³-hybridized carbons (Fsp3) is 0.308. The van der Waals surface area contributed by atoms with E-state index >= 15 is 0 Å². The summed E-state index contributed by atoms with van der Waals surface area (Å²) in [7, 11) is -1.70. The number of sulfonamides is 1. The Labute approximate surface area is 118 Å². The van der Waals surface area contributed by atoms with Gasteiger partial charge in [0.1, 0.15) is 0 Å². The first kappa shape index (κ1) is 14.4. The summed E-state index contributed by atoms with van der Waals surface area (Å²) in [6.07, 6.45) is 0. The number of anilines is 2. The molecule has 0 aliphatic rings. The predicted octanol–water partition coefficient (Wildman–Crippen LogP) is 1.56. The lowest BCUT2D eigenvalue weighted by atomic mass is 10.2. The Balaban J connectivity index is 2.21. The molecule has 2 rings (SSSR count). The molecule has 1 heterocycles. The first-order chi connectivity index (χ1) is 9.28. The van der Waals surface area contributed by atoms with Gasteiger partial charge >= 0.3 is 0 Å². The van der Waals surface area contributed by atoms with Gasteiger partial charge in [0.15, 0.2) is 0 Å². The lowest BCUT2D eigenvalue weighted by Gasteiger charge is -2.08. The number of nitrogens with zero attached hydrogens (tertiary/aromatic N) is 2. The lowest BCUT2D eigenvalue weighted by Crippen LogP contribution is -2.16. The molecule has 7 heteroatoms. The van der Waals surface area contributed by atoms with Crippen molar-refractivity contribution in [1.29, 1.82) is 0 Å². The van der Waals surface area contributed by atoms with E-state index in [2.05, 4.69) is 9.82 Å². The largest absolute Gasteiger partial charge is 0.399 e. The summed E-state index contributed by atoms with van der Waals surface area (Å²) in [5, 5.41) is 4.19. The van der Waals surface area contributed by atoms with Gasteiger partial charge in [-0.25, -0.2) is 8.42 Å². The molecule has 0 aliphatic carbocycles. The minimum Gasteiger partial charge on any atom is -0.399 e. The highest BCUT2D eigenvalue weighted by atomic mass is 32.2. The van der Waals surface area contributed by atoms with Gasteiger partial charge in [-0.1, -0.05) is 12.1 Å². The Hall–Kier alpha value is -2.02. The molecule has 2 aromatic rings. The van der Waals surface area contributed by atoms with Gasteiger partial charge < -0.3 is 5.73 Å². The van der Waals surface area contributed by atoms with E-state index in [4.69, 9.17) is 5.73 Å². The molecule has 0 unspecified atom stereocenters. The van der Waals surface area contributed by atoms with Crippen LogP contribution in [0.5, 0.6) is 0 Å². The van der Waals surface area contributed by atoms with E-state index < -0.39 is 10.0 Å². The van der Waals surface area contributed by atoms with Crippen LogP contribution in [-0.2, 0) is 22.8 Å². The molecule has 1 aromatic heterocycles. The second-order valence-corrected chi connectivity index (χ2v) is 6.49. The monoisotopic (exact) mass is 294 g/mol. The molecule has 0 amide bonds. The first-order valence-corrected chi connectivity index (χ1v) is 7.79. The van der Waals surface area contributed by atoms with Crippen molar-refractivity contribution in [3.8, 4) is 0 Å². The molecule has 0 bridgehead atoms. The van der Waals surface area contributed by atoms with Crippen molar-refractivity contribution in [2.75, 3.05) is 10.5 Å². The van der Waals surface area contributed by atoms with Gasteiger partial charge in [0.2, 0.25) is 10.0 Å². The van der Waals surface area contributed by atoms with Crippen LogP contribution in [0.3, 0.4) is 0 Å². The molecule has 0 saturated heterocycles. The molecule has 6 nitrogen and oxygen atoms in total. The number of nitrogens with one attached hydrogen (secondary N) is 1. The van der Waals surface area contributed by atoms with Crippen LogP contribution >= 0.6 is 0 Å². The summed E-state index contributed by atoms with van der Waals surface area (Å²) in [5.74, 6) is -0.0962. The highest BCUT2D eigenvalue weighted by Gasteiger charge is 2.17. The van der Waals surface area contributed by atoms with E-state index in [0.29, 0.717) is 22.6 Å². The third-order valence-electron chi connectivity index (χ3n) is 3.10. The number of hydrogen-bond donors (Lipinski definition) is 2. The maximum absolute atomic E-state index is 12.2.